The topological polar surface area (TPSA) is 138 Å². The first-order valence-electron chi connectivity index (χ1n) is 13.7. The Kier molecular flexibility index (Phi) is 9.60. The van der Waals surface area contributed by atoms with Gasteiger partial charge in [0, 0.05) is 12.2 Å². The third kappa shape index (κ3) is 6.76. The van der Waals surface area contributed by atoms with Crippen molar-refractivity contribution < 1.29 is 43.2 Å². The van der Waals surface area contributed by atoms with Crippen LogP contribution in [0.2, 0.25) is 0 Å². The summed E-state index contributed by atoms with van der Waals surface area (Å²) in [5.41, 5.74) is 0.757. The van der Waals surface area contributed by atoms with E-state index < -0.39 is 47.2 Å². The summed E-state index contributed by atoms with van der Waals surface area (Å²) in [6.07, 6.45) is -0.920. The Morgan fingerprint density at radius 2 is 1.45 bits per heavy atom. The van der Waals surface area contributed by atoms with Gasteiger partial charge in [0.15, 0.2) is 12.7 Å². The molecule has 5 rings (SSSR count). The van der Waals surface area contributed by atoms with Crippen LogP contribution in [0.4, 0.5) is 0 Å². The predicted octanol–water partition coefficient (Wildman–Crippen LogP) is 3.46. The molecule has 11 nitrogen and oxygen atoms in total. The first-order valence-corrected chi connectivity index (χ1v) is 14.8. The van der Waals surface area contributed by atoms with Gasteiger partial charge in [-0.2, -0.15) is 0 Å². The Labute approximate surface area is 257 Å². The summed E-state index contributed by atoms with van der Waals surface area (Å²) in [6, 6.07) is 25.7. The lowest BCUT2D eigenvalue weighted by Crippen LogP contribution is -2.71. The summed E-state index contributed by atoms with van der Waals surface area (Å²) < 4.78 is 11.4. The second-order valence-electron chi connectivity index (χ2n) is 9.67. The lowest BCUT2D eigenvalue weighted by Gasteiger charge is -2.49. The van der Waals surface area contributed by atoms with Crippen LogP contribution in [0, 0.1) is 0 Å². The molecule has 0 radical (unpaired) electrons. The van der Waals surface area contributed by atoms with Crippen LogP contribution in [0.3, 0.4) is 0 Å². The monoisotopic (exact) mass is 616 g/mol. The molecule has 2 aliphatic heterocycles. The van der Waals surface area contributed by atoms with E-state index in [-0.39, 0.29) is 30.1 Å². The first kappa shape index (κ1) is 30.4. The summed E-state index contributed by atoms with van der Waals surface area (Å²) in [5, 5.41) is 1.93. The number of rotatable bonds is 10. The Hall–Kier alpha value is -5.10. The zero-order chi connectivity index (χ0) is 31.1. The summed E-state index contributed by atoms with van der Waals surface area (Å²) in [6.45, 7) is 1.19. The van der Waals surface area contributed by atoms with Crippen molar-refractivity contribution in [3.63, 3.8) is 0 Å². The minimum absolute atomic E-state index is 0.0478. The fourth-order valence-electron chi connectivity index (χ4n) is 4.59. The number of esters is 1. The van der Waals surface area contributed by atoms with Gasteiger partial charge in [0.25, 0.3) is 11.8 Å². The summed E-state index contributed by atoms with van der Waals surface area (Å²) in [7, 11) is 0. The van der Waals surface area contributed by atoms with E-state index in [4.69, 9.17) is 14.4 Å². The second-order valence-corrected chi connectivity index (χ2v) is 10.8. The summed E-state index contributed by atoms with van der Waals surface area (Å²) in [4.78, 5) is 74.9. The van der Waals surface area contributed by atoms with E-state index in [2.05, 4.69) is 10.2 Å². The molecule has 1 N–H and O–H groups in total. The predicted molar refractivity (Wildman–Crippen MR) is 157 cm³/mol. The molecule has 2 heterocycles. The number of benzene rings is 3. The lowest BCUT2D eigenvalue weighted by atomic mass is 10.0. The van der Waals surface area contributed by atoms with Gasteiger partial charge in [0.2, 0.25) is 0 Å². The van der Waals surface area contributed by atoms with Gasteiger partial charge in [-0.25, -0.2) is 24.2 Å². The molecule has 2 aliphatic rings. The number of β-lactam (4-membered cyclic amide) rings is 1. The molecular weight excluding hydrogens is 588 g/mol. The number of ether oxygens (including phenoxy) is 2. The number of thioether (sulfide) groups is 1. The molecule has 0 aromatic heterocycles. The van der Waals surface area contributed by atoms with Crippen LogP contribution in [-0.2, 0) is 38.5 Å². The van der Waals surface area contributed by atoms with Crippen molar-refractivity contribution in [3.05, 3.63) is 113 Å². The fourth-order valence-corrected chi connectivity index (χ4v) is 5.91. The molecule has 226 valence electrons. The maximum atomic E-state index is 13.9. The van der Waals surface area contributed by atoms with Crippen LogP contribution in [0.15, 0.2) is 102 Å². The number of fused-ring (bicyclic) bond motifs is 1. The van der Waals surface area contributed by atoms with E-state index in [0.717, 1.165) is 16.7 Å². The van der Waals surface area contributed by atoms with E-state index in [1.165, 1.54) is 6.92 Å². The fraction of sp³-hybridized carbons (Fsp3) is 0.219. The van der Waals surface area contributed by atoms with Crippen molar-refractivity contribution in [1.29, 1.82) is 0 Å². The Balaban J connectivity index is 1.39. The molecule has 0 aliphatic carbocycles. The van der Waals surface area contributed by atoms with Crippen molar-refractivity contribution in [2.75, 3.05) is 12.4 Å². The molecule has 0 spiro atoms. The number of carbonyl (C=O) groups is 5. The van der Waals surface area contributed by atoms with E-state index in [0.29, 0.717) is 16.9 Å². The molecule has 0 bridgehead atoms. The second kappa shape index (κ2) is 13.9. The number of carbonyl (C=O) groups excluding carboxylic acids is 5. The average molecular weight is 617 g/mol. The normalized spacial score (nSPS) is 17.2. The third-order valence-electron chi connectivity index (χ3n) is 6.77. The highest BCUT2D eigenvalue weighted by molar-refractivity contribution is 8.00. The zero-order valence-corrected chi connectivity index (χ0v) is 24.4. The van der Waals surface area contributed by atoms with Gasteiger partial charge in [-0.15, -0.1) is 11.8 Å². The first-order chi connectivity index (χ1) is 21.4. The maximum absolute atomic E-state index is 13.9. The largest absolute Gasteiger partial charge is 0.484 e. The SMILES string of the molecule is CCC(=O)OOC(=O)C1=C(C(=O)OC(c2ccccc2)c2ccccc2)N2C(=O)C(NC(=O)COc3ccccc3)[C@H]2SC1. The van der Waals surface area contributed by atoms with Crippen molar-refractivity contribution in [2.24, 2.45) is 0 Å². The molecule has 44 heavy (non-hydrogen) atoms. The molecule has 1 saturated heterocycles. The van der Waals surface area contributed by atoms with Crippen LogP contribution in [-0.4, -0.2) is 58.4 Å². The number of hydrogen-bond donors (Lipinski definition) is 1. The maximum Gasteiger partial charge on any atom is 0.385 e. The average Bonchev–Trinajstić information content (AvgIpc) is 3.07. The number of amides is 2. The molecular formula is C32H28N2O9S. The van der Waals surface area contributed by atoms with Gasteiger partial charge >= 0.3 is 17.9 Å². The van der Waals surface area contributed by atoms with Gasteiger partial charge in [-0.05, 0) is 23.3 Å². The van der Waals surface area contributed by atoms with Crippen molar-refractivity contribution >= 4 is 41.5 Å². The molecule has 2 atom stereocenters. The smallest absolute Gasteiger partial charge is 0.385 e. The minimum Gasteiger partial charge on any atom is -0.484 e. The van der Waals surface area contributed by atoms with Gasteiger partial charge in [0.05, 0.1) is 5.57 Å². The lowest BCUT2D eigenvalue weighted by molar-refractivity contribution is -0.255. The van der Waals surface area contributed by atoms with E-state index in [1.807, 2.05) is 18.2 Å². The number of para-hydroxylation sites is 1. The molecule has 3 aromatic carbocycles. The van der Waals surface area contributed by atoms with Crippen molar-refractivity contribution in [1.82, 2.24) is 10.2 Å². The van der Waals surface area contributed by atoms with Gasteiger partial charge in [0.1, 0.15) is 22.9 Å². The number of hydrogen-bond acceptors (Lipinski definition) is 10. The van der Waals surface area contributed by atoms with Crippen LogP contribution < -0.4 is 10.1 Å². The van der Waals surface area contributed by atoms with Gasteiger partial charge in [-0.1, -0.05) is 85.8 Å². The minimum atomic E-state index is -1.11. The Bertz CT molecular complexity index is 1520. The molecule has 3 aromatic rings. The number of nitrogens with zero attached hydrogens (tertiary/aromatic N) is 1. The van der Waals surface area contributed by atoms with Crippen LogP contribution in [0.5, 0.6) is 5.75 Å². The van der Waals surface area contributed by atoms with Crippen molar-refractivity contribution in [2.45, 2.75) is 30.9 Å². The Morgan fingerprint density at radius 3 is 2.05 bits per heavy atom. The van der Waals surface area contributed by atoms with Crippen LogP contribution in [0.25, 0.3) is 0 Å². The van der Waals surface area contributed by atoms with E-state index in [1.54, 1.807) is 72.8 Å². The van der Waals surface area contributed by atoms with Crippen LogP contribution in [0.1, 0.15) is 30.6 Å². The van der Waals surface area contributed by atoms with Crippen LogP contribution >= 0.6 is 11.8 Å². The highest BCUT2D eigenvalue weighted by Crippen LogP contribution is 2.42. The molecule has 12 heteroatoms. The standard InChI is InChI=1S/C32H28N2O9S/c1-2-25(36)42-43-31(38)23-19-44-30-26(33-24(35)18-40-22-16-10-5-11-17-22)29(37)34(30)27(23)32(39)41-28(20-12-6-3-7-13-20)21-14-8-4-9-15-21/h3-17,26,28,30H,2,18-19H2,1H3,(H,33,35)/t26?,30-/m1/s1. The van der Waals surface area contributed by atoms with Gasteiger partial charge in [-0.3, -0.25) is 14.5 Å². The number of nitrogens with one attached hydrogen (secondary N) is 1. The van der Waals surface area contributed by atoms with E-state index in [9.17, 15) is 24.0 Å². The quantitative estimate of drug-likeness (QED) is 0.156. The highest BCUT2D eigenvalue weighted by atomic mass is 32.2. The molecule has 2 amide bonds. The molecule has 1 unspecified atom stereocenters. The summed E-state index contributed by atoms with van der Waals surface area (Å²) >= 11 is 1.13. The van der Waals surface area contributed by atoms with Gasteiger partial charge < -0.3 is 14.8 Å². The summed E-state index contributed by atoms with van der Waals surface area (Å²) in [5.74, 6) is -3.64. The highest BCUT2D eigenvalue weighted by Gasteiger charge is 2.55. The van der Waals surface area contributed by atoms with E-state index >= 15 is 0 Å². The Morgan fingerprint density at radius 1 is 0.864 bits per heavy atom. The van der Waals surface area contributed by atoms with Crippen molar-refractivity contribution in [3.8, 4) is 5.75 Å². The third-order valence-corrected chi connectivity index (χ3v) is 8.05. The zero-order valence-electron chi connectivity index (χ0n) is 23.5. The molecule has 1 fully saturated rings. The molecule has 0 saturated carbocycles.